The maximum absolute atomic E-state index is 15.9. The van der Waals surface area contributed by atoms with Gasteiger partial charge < -0.3 is 23.7 Å². The summed E-state index contributed by atoms with van der Waals surface area (Å²) >= 11 is 0. The molecule has 1 heterocycles. The molecule has 2 aliphatic carbocycles. The zero-order valence-corrected chi connectivity index (χ0v) is 59.8. The lowest BCUT2D eigenvalue weighted by molar-refractivity contribution is 0.482. The molecule has 2 unspecified atom stereocenters. The number of furan rings is 1. The van der Waals surface area contributed by atoms with Crippen molar-refractivity contribution >= 4 is 68.2 Å². The van der Waals surface area contributed by atoms with Gasteiger partial charge >= 0.3 is 0 Å². The number of fused-ring (bicyclic) bond motifs is 9. The van der Waals surface area contributed by atoms with Crippen molar-refractivity contribution in [3.8, 4) is 67.5 Å². The molecule has 0 saturated carbocycles. The average molecular weight is 1440 g/mol. The van der Waals surface area contributed by atoms with Crippen molar-refractivity contribution in [2.45, 2.75) is 10.8 Å². The van der Waals surface area contributed by atoms with Gasteiger partial charge in [-0.1, -0.05) is 232 Å². The smallest absolute Gasteiger partial charge is 0.160 e. The molecule has 530 valence electrons. The summed E-state index contributed by atoms with van der Waals surface area (Å²) in [6.45, 7) is 7.80. The molecule has 17 aromatic rings. The number of hydrogen-bond donors (Lipinski definition) is 0. The molecule has 111 heavy (non-hydrogen) atoms. The van der Waals surface area contributed by atoms with Crippen molar-refractivity contribution < 1.29 is 31.5 Å². The third-order valence-electron chi connectivity index (χ3n) is 21.9. The highest BCUT2D eigenvalue weighted by Crippen LogP contribution is 2.59. The maximum atomic E-state index is 15.9. The van der Waals surface area contributed by atoms with Crippen LogP contribution in [0.2, 0.25) is 0 Å². The highest BCUT2D eigenvalue weighted by molar-refractivity contribution is 6.08. The van der Waals surface area contributed by atoms with Gasteiger partial charge in [0.05, 0.1) is 10.8 Å². The number of rotatable bonds is 18. The molecule has 2 atom stereocenters. The summed E-state index contributed by atoms with van der Waals surface area (Å²) in [5.74, 6) is -1.12. The fourth-order valence-electron chi connectivity index (χ4n) is 16.9. The molecule has 0 amide bonds. The number of hydrogen-bond acceptors (Lipinski definition) is 5. The van der Waals surface area contributed by atoms with Crippen LogP contribution in [0.4, 0.5) is 51.7 Å². The number of ether oxygens (including phenoxy) is 2. The highest BCUT2D eigenvalue weighted by atomic mass is 19.2. The molecule has 16 aromatic carbocycles. The first kappa shape index (κ1) is 67.3. The predicted molar refractivity (Wildman–Crippen MR) is 442 cm³/mol. The summed E-state index contributed by atoms with van der Waals surface area (Å²) in [6.07, 6.45) is 3.61. The molecular weight excluding hydrogens is 1380 g/mol. The third-order valence-corrected chi connectivity index (χ3v) is 21.9. The van der Waals surface area contributed by atoms with E-state index in [4.69, 9.17) is 13.9 Å². The Morgan fingerprint density at radius 3 is 0.991 bits per heavy atom. The highest BCUT2D eigenvalue weighted by Gasteiger charge is 2.48. The molecule has 9 heteroatoms. The lowest BCUT2D eigenvalue weighted by atomic mass is 9.67. The summed E-state index contributed by atoms with van der Waals surface area (Å²) in [5.41, 5.74) is 22.0. The second-order valence-corrected chi connectivity index (χ2v) is 28.1. The Labute approximate surface area is 640 Å². The van der Waals surface area contributed by atoms with Gasteiger partial charge in [0.25, 0.3) is 0 Å². The average Bonchev–Trinajstić information content (AvgIpc) is 1.55. The van der Waals surface area contributed by atoms with Gasteiger partial charge in [-0.25, -0.2) is 17.6 Å². The number of anilines is 6. The first-order valence-corrected chi connectivity index (χ1v) is 36.8. The van der Waals surface area contributed by atoms with Crippen LogP contribution in [0.15, 0.2) is 382 Å². The Morgan fingerprint density at radius 2 is 0.595 bits per heavy atom. The van der Waals surface area contributed by atoms with Crippen LogP contribution in [0.1, 0.15) is 55.6 Å². The molecule has 0 fully saturated rings. The largest absolute Gasteiger partial charge is 0.457 e. The lowest BCUT2D eigenvalue weighted by Crippen LogP contribution is -2.28. The molecule has 2 aliphatic rings. The van der Waals surface area contributed by atoms with Crippen LogP contribution in [0.3, 0.4) is 0 Å². The first-order valence-electron chi connectivity index (χ1n) is 36.8. The van der Waals surface area contributed by atoms with E-state index >= 15 is 17.6 Å². The zero-order chi connectivity index (χ0) is 74.9. The molecule has 0 spiro atoms. The molecule has 19 rings (SSSR count). The minimum absolute atomic E-state index is 0.377. The summed E-state index contributed by atoms with van der Waals surface area (Å²) < 4.78 is 81.6. The van der Waals surface area contributed by atoms with Gasteiger partial charge in [-0.15, -0.1) is 0 Å². The van der Waals surface area contributed by atoms with Gasteiger partial charge in [-0.2, -0.15) is 0 Å². The van der Waals surface area contributed by atoms with Crippen LogP contribution in [-0.2, 0) is 10.8 Å². The van der Waals surface area contributed by atoms with Crippen molar-refractivity contribution in [2.24, 2.45) is 0 Å². The monoisotopic (exact) mass is 1440 g/mol. The van der Waals surface area contributed by atoms with Crippen molar-refractivity contribution in [2.75, 3.05) is 9.80 Å². The van der Waals surface area contributed by atoms with E-state index in [1.807, 2.05) is 168 Å². The third kappa shape index (κ3) is 11.6. The molecule has 0 saturated heterocycles. The van der Waals surface area contributed by atoms with Crippen LogP contribution < -0.4 is 19.3 Å². The standard InChI is InChI=1S/C102H66F4N2O3/c1-3-65-29-43-81(44-30-65)109-83-47-35-73(36-48-83)101(71-19-7-5-8-20-71)91-27-13-11-25-85(91)87-51-33-69(59-93(87)101)67-17-15-23-75(57-67)107(79-39-53-95(103)97(105)63-79)77-41-55-99-89(61-77)90-62-78(42-56-100(90)111-99)108(80-40-54-96(104)98(106)64-80)76-24-16-18-68(58-76)70-34-52-88-86-26-12-14-28-92(86)102(94(88)60-70,72-21-9-6-10-22-72)74-37-49-84(50-38-74)110-82-45-31-66(4-2)32-46-82/h3-64H,1-2H2. The summed E-state index contributed by atoms with van der Waals surface area (Å²) in [6, 6.07) is 120. The van der Waals surface area contributed by atoms with E-state index in [1.54, 1.807) is 12.1 Å². The predicted octanol–water partition coefficient (Wildman–Crippen LogP) is 28.0. The molecule has 1 aromatic heterocycles. The molecule has 0 N–H and O–H groups in total. The van der Waals surface area contributed by atoms with Crippen molar-refractivity contribution in [1.29, 1.82) is 0 Å². The van der Waals surface area contributed by atoms with Crippen LogP contribution in [0.5, 0.6) is 23.0 Å². The van der Waals surface area contributed by atoms with Crippen molar-refractivity contribution in [3.63, 3.8) is 0 Å². The van der Waals surface area contributed by atoms with E-state index in [2.05, 4.69) is 195 Å². The zero-order valence-electron chi connectivity index (χ0n) is 59.8. The minimum Gasteiger partial charge on any atom is -0.457 e. The van der Waals surface area contributed by atoms with Gasteiger partial charge in [-0.3, -0.25) is 0 Å². The van der Waals surface area contributed by atoms with Crippen molar-refractivity contribution in [1.82, 2.24) is 0 Å². The summed E-state index contributed by atoms with van der Waals surface area (Å²) in [4.78, 5) is 3.83. The van der Waals surface area contributed by atoms with Crippen molar-refractivity contribution in [3.05, 3.63) is 456 Å². The maximum Gasteiger partial charge on any atom is 0.160 e. The Kier molecular flexibility index (Phi) is 16.7. The molecule has 5 nitrogen and oxygen atoms in total. The van der Waals surface area contributed by atoms with Gasteiger partial charge in [0.15, 0.2) is 23.3 Å². The Morgan fingerprint density at radius 1 is 0.261 bits per heavy atom. The first-order chi connectivity index (χ1) is 54.5. The Balaban J connectivity index is 0.702. The number of nitrogens with zero attached hydrogens (tertiary/aromatic N) is 2. The van der Waals surface area contributed by atoms with E-state index in [9.17, 15) is 0 Å². The van der Waals surface area contributed by atoms with E-state index in [0.29, 0.717) is 67.6 Å². The summed E-state index contributed by atoms with van der Waals surface area (Å²) in [5, 5.41) is 1.43. The molecule has 0 bridgehead atoms. The van der Waals surface area contributed by atoms with Crippen LogP contribution >= 0.6 is 0 Å². The van der Waals surface area contributed by atoms with Crippen LogP contribution in [-0.4, -0.2) is 0 Å². The minimum atomic E-state index is -1.01. The van der Waals surface area contributed by atoms with Gasteiger partial charge in [-0.05, 0) is 246 Å². The Bertz CT molecular complexity index is 6110. The molecule has 0 aliphatic heterocycles. The molecule has 0 radical (unpaired) electrons. The van der Waals surface area contributed by atoms with Gasteiger partial charge in [0.1, 0.15) is 34.2 Å². The van der Waals surface area contributed by atoms with Crippen LogP contribution in [0, 0.1) is 23.3 Å². The van der Waals surface area contributed by atoms with E-state index < -0.39 is 34.1 Å². The Hall–Kier alpha value is -14.3. The number of benzene rings is 16. The van der Waals surface area contributed by atoms with Gasteiger partial charge in [0, 0.05) is 57.0 Å². The van der Waals surface area contributed by atoms with E-state index in [1.165, 1.54) is 12.1 Å². The second-order valence-electron chi connectivity index (χ2n) is 28.1. The second kappa shape index (κ2) is 27.5. The molecular formula is C102H66F4N2O3. The van der Waals surface area contributed by atoms with Gasteiger partial charge in [0.2, 0.25) is 0 Å². The fourth-order valence-corrected chi connectivity index (χ4v) is 16.9. The lowest BCUT2D eigenvalue weighted by Gasteiger charge is -2.34. The van der Waals surface area contributed by atoms with E-state index in [0.717, 1.165) is 124 Å². The number of halogens is 4. The fraction of sp³-hybridized carbons (Fsp3) is 0.0196. The SMILES string of the molecule is C=Cc1ccc(Oc2ccc(C3(c4ccccc4)c4ccccc4-c4ccc(-c5cccc(N(c6ccc(F)c(F)c6)c6ccc7oc8ccc(N(c9cccc(-c%10ccc%11c(c%10)C(c%10ccccc%10)(c%10ccc(Oc%12ccc(C=C)cc%12)cc%10)c%10ccccc%10-%11)c9)c9ccc(F)c(F)c9)cc8c7c6)c5)cc43)cc2)cc1. The topological polar surface area (TPSA) is 38.1 Å². The quantitative estimate of drug-likeness (QED) is 0.0801. The van der Waals surface area contributed by atoms with E-state index in [-0.39, 0.29) is 0 Å². The normalized spacial score (nSPS) is 14.5. The van der Waals surface area contributed by atoms with Crippen LogP contribution in [0.25, 0.3) is 78.6 Å². The summed E-state index contributed by atoms with van der Waals surface area (Å²) in [7, 11) is 0.